The van der Waals surface area contributed by atoms with Gasteiger partial charge in [-0.1, -0.05) is 52.4 Å². The molecule has 2 heterocycles. The summed E-state index contributed by atoms with van der Waals surface area (Å²) < 4.78 is 31.3. The highest BCUT2D eigenvalue weighted by Crippen LogP contribution is 2.72. The second-order valence-electron chi connectivity index (χ2n) is 16.9. The topological polar surface area (TPSA) is 197 Å². The van der Waals surface area contributed by atoms with Gasteiger partial charge in [0, 0.05) is 11.3 Å². The number of carbonyl (C=O) groups is 6. The molecule has 0 aromatic carbocycles. The lowest BCUT2D eigenvalue weighted by molar-refractivity contribution is -0.300. The highest BCUT2D eigenvalue weighted by atomic mass is 16.7. The van der Waals surface area contributed by atoms with Crippen molar-refractivity contribution in [2.24, 2.45) is 23.2 Å². The molecule has 6 fully saturated rings. The summed E-state index contributed by atoms with van der Waals surface area (Å²) in [5.74, 6) is -1.63. The number of ketones is 2. The van der Waals surface area contributed by atoms with Crippen LogP contribution in [0.4, 0.5) is 0 Å². The van der Waals surface area contributed by atoms with Gasteiger partial charge < -0.3 is 45.0 Å². The van der Waals surface area contributed by atoms with Gasteiger partial charge in [-0.3, -0.25) is 28.8 Å². The van der Waals surface area contributed by atoms with Crippen LogP contribution >= 0.6 is 0 Å². The van der Waals surface area contributed by atoms with Crippen LogP contribution in [0.15, 0.2) is 23.8 Å². The molecule has 0 aromatic rings. The molecule has 56 heavy (non-hydrogen) atoms. The minimum Gasteiger partial charge on any atom is -0.368 e. The van der Waals surface area contributed by atoms with E-state index >= 15 is 0 Å². The second kappa shape index (κ2) is 17.2. The molecular weight excluding hydrogens is 724 g/mol. The Labute approximate surface area is 328 Å². The van der Waals surface area contributed by atoms with E-state index in [0.717, 1.165) is 50.5 Å². The zero-order valence-corrected chi connectivity index (χ0v) is 32.7. The number of fused-ring (bicyclic) bond motifs is 4. The standard InChI is InChI=1S/C41H58N4O11/c1-3-9-37-54-32-17-29-28-13-12-25-16-26(46)14-15-40(25)38(28)30(55-40)18-39(29,2)41(32,56-37)31(47)22-52-24-45-35(50)21-43-33(48)19-42-34(49)20-44-36(51)23-53-27-10-7-5-4-6-8-11-27/h14-16,27-30,32,37-38H,3-13,17-24H2,1-2H3,(H,42,49)(H,43,48)(H,44,51)(H,45,50). The Hall–Kier alpha value is -3.50. The van der Waals surface area contributed by atoms with Crippen LogP contribution in [-0.2, 0) is 52.5 Å². The van der Waals surface area contributed by atoms with Crippen LogP contribution in [0.3, 0.4) is 0 Å². The number of hydrogen-bond acceptors (Lipinski definition) is 11. The third kappa shape index (κ3) is 7.86. The van der Waals surface area contributed by atoms with Gasteiger partial charge in [0.1, 0.15) is 25.5 Å². The van der Waals surface area contributed by atoms with E-state index in [9.17, 15) is 28.8 Å². The van der Waals surface area contributed by atoms with E-state index in [1.807, 2.05) is 13.0 Å². The van der Waals surface area contributed by atoms with E-state index < -0.39 is 52.6 Å². The molecular formula is C41H58N4O11. The molecule has 0 radical (unpaired) electrons. The minimum absolute atomic E-state index is 0.00270. The predicted molar refractivity (Wildman–Crippen MR) is 199 cm³/mol. The molecule has 5 aliphatic carbocycles. The van der Waals surface area contributed by atoms with Crippen molar-refractivity contribution >= 4 is 35.2 Å². The van der Waals surface area contributed by atoms with Crippen LogP contribution < -0.4 is 21.3 Å². The number of hydrogen-bond donors (Lipinski definition) is 4. The largest absolute Gasteiger partial charge is 0.368 e. The maximum Gasteiger partial charge on any atom is 0.246 e. The van der Waals surface area contributed by atoms with E-state index in [1.165, 1.54) is 19.3 Å². The van der Waals surface area contributed by atoms with Gasteiger partial charge in [-0.25, -0.2) is 0 Å². The second-order valence-corrected chi connectivity index (χ2v) is 16.9. The number of amides is 4. The number of Topliss-reactive ketones (excluding diaryl/α,β-unsaturated/α-hetero) is 1. The summed E-state index contributed by atoms with van der Waals surface area (Å²) in [6.07, 6.45) is 16.5. The van der Waals surface area contributed by atoms with Gasteiger partial charge in [0.15, 0.2) is 23.5 Å². The summed E-state index contributed by atoms with van der Waals surface area (Å²) in [5.41, 5.74) is -1.26. The van der Waals surface area contributed by atoms with Gasteiger partial charge in [-0.05, 0) is 80.6 Å². The van der Waals surface area contributed by atoms with Gasteiger partial charge in [0.25, 0.3) is 0 Å². The van der Waals surface area contributed by atoms with Crippen molar-refractivity contribution in [3.8, 4) is 0 Å². The first-order valence-electron chi connectivity index (χ1n) is 20.7. The molecule has 7 rings (SSSR count). The third-order valence-electron chi connectivity index (χ3n) is 13.5. The van der Waals surface area contributed by atoms with Crippen LogP contribution in [0.1, 0.15) is 97.3 Å². The molecule has 0 bridgehead atoms. The van der Waals surface area contributed by atoms with Crippen molar-refractivity contribution in [2.45, 2.75) is 133 Å². The van der Waals surface area contributed by atoms with Crippen LogP contribution in [-0.4, -0.2) is 111 Å². The van der Waals surface area contributed by atoms with Gasteiger partial charge >= 0.3 is 0 Å². The number of allylic oxidation sites excluding steroid dienone is 2. The monoisotopic (exact) mass is 782 g/mol. The first-order valence-corrected chi connectivity index (χ1v) is 20.7. The lowest BCUT2D eigenvalue weighted by Crippen LogP contribution is -2.72. The molecule has 15 heteroatoms. The Kier molecular flexibility index (Phi) is 12.5. The van der Waals surface area contributed by atoms with Crippen LogP contribution in [0.25, 0.3) is 0 Å². The zero-order chi connectivity index (χ0) is 39.5. The molecule has 4 N–H and O–H groups in total. The minimum atomic E-state index is -1.23. The number of rotatable bonds is 16. The van der Waals surface area contributed by atoms with Crippen molar-refractivity contribution in [3.63, 3.8) is 0 Å². The van der Waals surface area contributed by atoms with Crippen molar-refractivity contribution in [2.75, 3.05) is 39.6 Å². The maximum atomic E-state index is 14.3. The normalized spacial score (nSPS) is 35.6. The van der Waals surface area contributed by atoms with Gasteiger partial charge in [0.05, 0.1) is 37.9 Å². The average Bonchev–Trinajstić information content (AvgIpc) is 3.64. The fourth-order valence-corrected chi connectivity index (χ4v) is 11.0. The average molecular weight is 783 g/mol. The first-order chi connectivity index (χ1) is 27.0. The maximum absolute atomic E-state index is 14.3. The zero-order valence-electron chi connectivity index (χ0n) is 32.7. The van der Waals surface area contributed by atoms with Crippen LogP contribution in [0.5, 0.6) is 0 Å². The van der Waals surface area contributed by atoms with E-state index in [1.54, 1.807) is 12.2 Å². The summed E-state index contributed by atoms with van der Waals surface area (Å²) in [6.45, 7) is 2.46. The molecule has 7 aliphatic rings. The summed E-state index contributed by atoms with van der Waals surface area (Å²) in [7, 11) is 0. The predicted octanol–water partition coefficient (Wildman–Crippen LogP) is 2.06. The molecule has 15 nitrogen and oxygen atoms in total. The summed E-state index contributed by atoms with van der Waals surface area (Å²) in [6, 6.07) is 0. The van der Waals surface area contributed by atoms with Crippen molar-refractivity contribution in [1.82, 2.24) is 21.3 Å². The fraction of sp³-hybridized carbons (Fsp3) is 0.756. The fourth-order valence-electron chi connectivity index (χ4n) is 11.0. The molecule has 2 aliphatic heterocycles. The van der Waals surface area contributed by atoms with Crippen molar-refractivity contribution in [3.05, 3.63) is 23.8 Å². The van der Waals surface area contributed by atoms with Crippen LogP contribution in [0, 0.1) is 23.2 Å². The Morgan fingerprint density at radius 3 is 2.25 bits per heavy atom. The van der Waals surface area contributed by atoms with Crippen LogP contribution in [0.2, 0.25) is 0 Å². The molecule has 0 aromatic heterocycles. The van der Waals surface area contributed by atoms with E-state index in [0.29, 0.717) is 19.3 Å². The summed E-state index contributed by atoms with van der Waals surface area (Å²) in [4.78, 5) is 75.5. The quantitative estimate of drug-likeness (QED) is 0.132. The van der Waals surface area contributed by atoms with E-state index in [-0.39, 0.29) is 81.1 Å². The molecule has 4 amide bonds. The Morgan fingerprint density at radius 1 is 0.857 bits per heavy atom. The Balaban J connectivity index is 0.833. The molecule has 9 atom stereocenters. The Morgan fingerprint density at radius 2 is 1.54 bits per heavy atom. The number of carbonyl (C=O) groups excluding carboxylic acids is 6. The van der Waals surface area contributed by atoms with Crippen molar-refractivity contribution < 1.29 is 52.5 Å². The molecule has 308 valence electrons. The summed E-state index contributed by atoms with van der Waals surface area (Å²) in [5, 5.41) is 9.89. The van der Waals surface area contributed by atoms with Gasteiger partial charge in [-0.2, -0.15) is 0 Å². The lowest BCUT2D eigenvalue weighted by atomic mass is 9.46. The molecule has 2 saturated heterocycles. The van der Waals surface area contributed by atoms with E-state index in [2.05, 4.69) is 28.2 Å². The molecule has 1 spiro atoms. The highest BCUT2D eigenvalue weighted by Gasteiger charge is 2.78. The third-order valence-corrected chi connectivity index (χ3v) is 13.5. The number of nitrogens with one attached hydrogen (secondary N) is 4. The SMILES string of the molecule is CCCC1OC2CC3C4CCC5=CC(=O)C=CC56OC(CC3(C)C2(C(=O)COCNC(=O)CNC(=O)CNC(=O)CNC(=O)COC2CCCCCCC2)O1)C46. The Bertz CT molecular complexity index is 1610. The first kappa shape index (κ1) is 40.7. The number of ether oxygens (including phenoxy) is 5. The smallest absolute Gasteiger partial charge is 0.246 e. The van der Waals surface area contributed by atoms with Gasteiger partial charge in [0.2, 0.25) is 23.6 Å². The highest BCUT2D eigenvalue weighted by molar-refractivity contribution is 6.01. The molecule has 4 saturated carbocycles. The van der Waals surface area contributed by atoms with Gasteiger partial charge in [-0.15, -0.1) is 0 Å². The lowest BCUT2D eigenvalue weighted by Gasteiger charge is -2.68. The molecule has 9 unspecified atom stereocenters. The van der Waals surface area contributed by atoms with Crippen molar-refractivity contribution in [1.29, 1.82) is 0 Å². The summed E-state index contributed by atoms with van der Waals surface area (Å²) >= 11 is 0. The van der Waals surface area contributed by atoms with E-state index in [4.69, 9.17) is 23.7 Å².